The van der Waals surface area contributed by atoms with Crippen LogP contribution in [0.3, 0.4) is 0 Å². The Morgan fingerprint density at radius 3 is 2.39 bits per heavy atom. The highest BCUT2D eigenvalue weighted by molar-refractivity contribution is 5.86. The van der Waals surface area contributed by atoms with Crippen molar-refractivity contribution in [2.45, 2.75) is 56.6 Å². The van der Waals surface area contributed by atoms with Gasteiger partial charge in [-0.3, -0.25) is 9.59 Å². The molecule has 1 unspecified atom stereocenters. The molecule has 0 radical (unpaired) electrons. The second-order valence-corrected chi connectivity index (χ2v) is 5.47. The maximum atomic E-state index is 12.0. The van der Waals surface area contributed by atoms with Crippen molar-refractivity contribution < 1.29 is 19.8 Å². The Morgan fingerprint density at radius 2 is 1.89 bits per heavy atom. The molecule has 1 atom stereocenters. The number of nitrogens with one attached hydrogen (secondary N) is 1. The van der Waals surface area contributed by atoms with Gasteiger partial charge in [-0.2, -0.15) is 0 Å². The number of nitrogens with two attached hydrogens (primary N) is 1. The standard InChI is InChI=1S/C12H22N2O4/c1-11(18,7-9(15)16)8-14-10(17)12(13)5-3-2-4-6-12/h18H,2-8,13H2,1H3,(H,14,17)(H,15,16). The summed E-state index contributed by atoms with van der Waals surface area (Å²) in [4.78, 5) is 22.5. The third kappa shape index (κ3) is 4.27. The molecule has 0 heterocycles. The fourth-order valence-electron chi connectivity index (χ4n) is 2.24. The number of aliphatic hydroxyl groups is 1. The first-order chi connectivity index (χ1) is 8.25. The van der Waals surface area contributed by atoms with Crippen LogP contribution < -0.4 is 11.1 Å². The topological polar surface area (TPSA) is 113 Å². The zero-order valence-electron chi connectivity index (χ0n) is 10.7. The molecular formula is C12H22N2O4. The van der Waals surface area contributed by atoms with E-state index in [4.69, 9.17) is 10.8 Å². The highest BCUT2D eigenvalue weighted by Crippen LogP contribution is 2.26. The van der Waals surface area contributed by atoms with Crippen LogP contribution in [-0.2, 0) is 9.59 Å². The van der Waals surface area contributed by atoms with Gasteiger partial charge in [0.25, 0.3) is 0 Å². The molecule has 6 heteroatoms. The maximum Gasteiger partial charge on any atom is 0.306 e. The van der Waals surface area contributed by atoms with E-state index in [2.05, 4.69) is 5.32 Å². The molecular weight excluding hydrogens is 236 g/mol. The van der Waals surface area contributed by atoms with E-state index in [1.54, 1.807) is 0 Å². The Hall–Kier alpha value is -1.14. The van der Waals surface area contributed by atoms with Crippen molar-refractivity contribution in [3.8, 4) is 0 Å². The van der Waals surface area contributed by atoms with E-state index in [9.17, 15) is 14.7 Å². The van der Waals surface area contributed by atoms with Gasteiger partial charge in [-0.05, 0) is 19.8 Å². The minimum atomic E-state index is -1.45. The fraction of sp³-hybridized carbons (Fsp3) is 0.833. The van der Waals surface area contributed by atoms with Crippen molar-refractivity contribution in [3.63, 3.8) is 0 Å². The zero-order valence-corrected chi connectivity index (χ0v) is 10.7. The van der Waals surface area contributed by atoms with Crippen LogP contribution in [0.4, 0.5) is 0 Å². The molecule has 5 N–H and O–H groups in total. The zero-order chi connectivity index (χ0) is 13.8. The molecule has 0 saturated heterocycles. The molecule has 6 nitrogen and oxygen atoms in total. The SMILES string of the molecule is CC(O)(CNC(=O)C1(N)CCCCC1)CC(=O)O. The lowest BCUT2D eigenvalue weighted by atomic mass is 9.82. The second-order valence-electron chi connectivity index (χ2n) is 5.47. The third-order valence-electron chi connectivity index (χ3n) is 3.36. The number of carboxylic acid groups (broad SMARTS) is 1. The summed E-state index contributed by atoms with van der Waals surface area (Å²) in [5.41, 5.74) is 3.71. The molecule has 1 saturated carbocycles. The van der Waals surface area contributed by atoms with Gasteiger partial charge in [0.15, 0.2) is 0 Å². The average molecular weight is 258 g/mol. The van der Waals surface area contributed by atoms with E-state index in [0.717, 1.165) is 19.3 Å². The summed E-state index contributed by atoms with van der Waals surface area (Å²) in [7, 11) is 0. The Morgan fingerprint density at radius 1 is 1.33 bits per heavy atom. The first kappa shape index (κ1) is 14.9. The molecule has 1 amide bonds. The first-order valence-electron chi connectivity index (χ1n) is 6.27. The summed E-state index contributed by atoms with van der Waals surface area (Å²) in [6.45, 7) is 1.28. The van der Waals surface area contributed by atoms with E-state index in [1.165, 1.54) is 6.92 Å². The molecule has 18 heavy (non-hydrogen) atoms. The van der Waals surface area contributed by atoms with Crippen LogP contribution in [0.2, 0.25) is 0 Å². The van der Waals surface area contributed by atoms with Crippen LogP contribution in [0.5, 0.6) is 0 Å². The number of hydrogen-bond donors (Lipinski definition) is 4. The van der Waals surface area contributed by atoms with Gasteiger partial charge in [-0.15, -0.1) is 0 Å². The Labute approximate surface area is 107 Å². The molecule has 0 aromatic rings. The predicted molar refractivity (Wildman–Crippen MR) is 65.9 cm³/mol. The number of hydrogen-bond acceptors (Lipinski definition) is 4. The van der Waals surface area contributed by atoms with Crippen molar-refractivity contribution >= 4 is 11.9 Å². The number of carbonyl (C=O) groups is 2. The van der Waals surface area contributed by atoms with Crippen LogP contribution in [0.15, 0.2) is 0 Å². The van der Waals surface area contributed by atoms with Crippen LogP contribution in [0.1, 0.15) is 45.4 Å². The normalized spacial score (nSPS) is 21.9. The largest absolute Gasteiger partial charge is 0.481 e. The van der Waals surface area contributed by atoms with Gasteiger partial charge in [0.2, 0.25) is 5.91 Å². The number of carbonyl (C=O) groups excluding carboxylic acids is 1. The van der Waals surface area contributed by atoms with Gasteiger partial charge >= 0.3 is 5.97 Å². The average Bonchev–Trinajstić information content (AvgIpc) is 2.25. The maximum absolute atomic E-state index is 12.0. The first-order valence-corrected chi connectivity index (χ1v) is 6.27. The van der Waals surface area contributed by atoms with E-state index in [-0.39, 0.29) is 12.5 Å². The quantitative estimate of drug-likeness (QED) is 0.554. The van der Waals surface area contributed by atoms with Crippen LogP contribution in [0, 0.1) is 0 Å². The monoisotopic (exact) mass is 258 g/mol. The van der Waals surface area contributed by atoms with E-state index in [0.29, 0.717) is 12.8 Å². The van der Waals surface area contributed by atoms with Gasteiger partial charge in [-0.1, -0.05) is 19.3 Å². The van der Waals surface area contributed by atoms with Crippen LogP contribution >= 0.6 is 0 Å². The Bertz CT molecular complexity index is 322. The van der Waals surface area contributed by atoms with Crippen molar-refractivity contribution in [1.82, 2.24) is 5.32 Å². The summed E-state index contributed by atoms with van der Waals surface area (Å²) in [5, 5.41) is 21.0. The Balaban J connectivity index is 2.47. The third-order valence-corrected chi connectivity index (χ3v) is 3.36. The summed E-state index contributed by atoms with van der Waals surface area (Å²) in [6, 6.07) is 0. The summed E-state index contributed by atoms with van der Waals surface area (Å²) in [6.07, 6.45) is 3.80. The second kappa shape index (κ2) is 5.67. The smallest absolute Gasteiger partial charge is 0.306 e. The van der Waals surface area contributed by atoms with Gasteiger partial charge < -0.3 is 21.3 Å². The van der Waals surface area contributed by atoms with Gasteiger partial charge in [0, 0.05) is 6.54 Å². The van der Waals surface area contributed by atoms with Crippen LogP contribution in [0.25, 0.3) is 0 Å². The lowest BCUT2D eigenvalue weighted by Gasteiger charge is -2.33. The number of amides is 1. The minimum absolute atomic E-state index is 0.100. The van der Waals surface area contributed by atoms with Crippen molar-refractivity contribution in [3.05, 3.63) is 0 Å². The summed E-state index contributed by atoms with van der Waals surface area (Å²) >= 11 is 0. The fourth-order valence-corrected chi connectivity index (χ4v) is 2.24. The van der Waals surface area contributed by atoms with Gasteiger partial charge in [-0.25, -0.2) is 0 Å². The molecule has 1 aliphatic carbocycles. The lowest BCUT2D eigenvalue weighted by molar-refractivity contribution is -0.142. The lowest BCUT2D eigenvalue weighted by Crippen LogP contribution is -2.57. The summed E-state index contributed by atoms with van der Waals surface area (Å²) in [5.74, 6) is -1.40. The molecule has 104 valence electrons. The molecule has 1 fully saturated rings. The van der Waals surface area contributed by atoms with E-state index in [1.807, 2.05) is 0 Å². The molecule has 0 bridgehead atoms. The summed E-state index contributed by atoms with van der Waals surface area (Å²) < 4.78 is 0. The molecule has 1 aliphatic rings. The number of carboxylic acids is 1. The number of rotatable bonds is 5. The van der Waals surface area contributed by atoms with Gasteiger partial charge in [0.1, 0.15) is 0 Å². The van der Waals surface area contributed by atoms with Crippen LogP contribution in [-0.4, -0.2) is 39.8 Å². The molecule has 0 aromatic heterocycles. The van der Waals surface area contributed by atoms with Crippen molar-refractivity contribution in [1.29, 1.82) is 0 Å². The predicted octanol–water partition coefficient (Wildman–Crippen LogP) is -0.0101. The highest BCUT2D eigenvalue weighted by atomic mass is 16.4. The van der Waals surface area contributed by atoms with E-state index >= 15 is 0 Å². The molecule has 1 rings (SSSR count). The minimum Gasteiger partial charge on any atom is -0.481 e. The highest BCUT2D eigenvalue weighted by Gasteiger charge is 2.36. The molecule has 0 aliphatic heterocycles. The molecule has 0 spiro atoms. The van der Waals surface area contributed by atoms with E-state index < -0.39 is 23.5 Å². The Kier molecular flexibility index (Phi) is 4.70. The molecule has 0 aromatic carbocycles. The number of aliphatic carboxylic acids is 1. The van der Waals surface area contributed by atoms with Gasteiger partial charge in [0.05, 0.1) is 17.6 Å². The van der Waals surface area contributed by atoms with Crippen molar-refractivity contribution in [2.75, 3.05) is 6.54 Å². The van der Waals surface area contributed by atoms with Crippen molar-refractivity contribution in [2.24, 2.45) is 5.73 Å².